The third-order valence-electron chi connectivity index (χ3n) is 7.06. The summed E-state index contributed by atoms with van der Waals surface area (Å²) in [5.74, 6) is -6.33. The second kappa shape index (κ2) is 12.5. The SMILES string of the molecule is Cn1c(SCC2=C(C(=O)O)N3C(=O)C(NC(=O)C(NC(=O)c4cc(O)c(O)c(O)c4)c4ccc(O)cc4)[C@H]3SC2)n[nH]c(=O)c1=O. The molecule has 3 aromatic rings. The maximum atomic E-state index is 13.5. The first-order chi connectivity index (χ1) is 21.8. The van der Waals surface area contributed by atoms with Gasteiger partial charge in [-0.25, -0.2) is 9.89 Å². The van der Waals surface area contributed by atoms with Crippen LogP contribution in [0.4, 0.5) is 0 Å². The predicted molar refractivity (Wildman–Crippen MR) is 160 cm³/mol. The number of thioether (sulfide) groups is 2. The van der Waals surface area contributed by atoms with Gasteiger partial charge in [-0.1, -0.05) is 23.9 Å². The van der Waals surface area contributed by atoms with Crippen LogP contribution in [0, 0.1) is 0 Å². The Kier molecular flexibility index (Phi) is 8.70. The van der Waals surface area contributed by atoms with E-state index in [1.54, 1.807) is 0 Å². The number of phenolic OH excluding ortho intramolecular Hbond substituents is 4. The largest absolute Gasteiger partial charge is 0.508 e. The van der Waals surface area contributed by atoms with Gasteiger partial charge in [0.15, 0.2) is 22.4 Å². The van der Waals surface area contributed by atoms with Crippen LogP contribution in [0.3, 0.4) is 0 Å². The second-order valence-corrected chi connectivity index (χ2v) is 12.1. The van der Waals surface area contributed by atoms with E-state index in [0.717, 1.165) is 33.4 Å². The van der Waals surface area contributed by atoms with Crippen LogP contribution < -0.4 is 21.8 Å². The summed E-state index contributed by atoms with van der Waals surface area (Å²) in [4.78, 5) is 76.5. The number of β-lactam (4-membered cyclic amide) rings is 1. The number of benzene rings is 2. The lowest BCUT2D eigenvalue weighted by Gasteiger charge is -2.49. The zero-order valence-electron chi connectivity index (χ0n) is 23.5. The zero-order valence-corrected chi connectivity index (χ0v) is 25.1. The summed E-state index contributed by atoms with van der Waals surface area (Å²) in [6, 6.07) is 4.31. The Bertz CT molecular complexity index is 1900. The van der Waals surface area contributed by atoms with Crippen molar-refractivity contribution in [2.24, 2.45) is 7.05 Å². The molecule has 46 heavy (non-hydrogen) atoms. The standard InChI is InChI=1S/C27H24N6O11S2/c1-32-24(42)22(40)30-31-27(32)46-9-12-8-45-25-17(23(41)33(25)18(12)26(43)44)29-21(39)16(10-2-4-13(34)5-3-10)28-20(38)11-6-14(35)19(37)15(36)7-11/h2-7,16-17,25,34-37H,8-9H2,1H3,(H,28,38)(H,29,39)(H,30,40)(H,43,44)/t16?,17?,25-/m1/s1. The molecule has 3 heterocycles. The van der Waals surface area contributed by atoms with Gasteiger partial charge in [0.2, 0.25) is 5.91 Å². The molecular formula is C27H24N6O11S2. The van der Waals surface area contributed by atoms with Gasteiger partial charge in [-0.2, -0.15) is 0 Å². The fourth-order valence-electron chi connectivity index (χ4n) is 4.69. The van der Waals surface area contributed by atoms with E-state index >= 15 is 0 Å². The summed E-state index contributed by atoms with van der Waals surface area (Å²) in [6.07, 6.45) is 0. The average molecular weight is 673 g/mol. The van der Waals surface area contributed by atoms with Crippen LogP contribution in [-0.2, 0) is 21.4 Å². The van der Waals surface area contributed by atoms with Crippen LogP contribution in [0.25, 0.3) is 0 Å². The van der Waals surface area contributed by atoms with Gasteiger partial charge in [0.1, 0.15) is 28.9 Å². The van der Waals surface area contributed by atoms with Gasteiger partial charge in [0, 0.05) is 24.1 Å². The quantitative estimate of drug-likeness (QED) is 0.0605. The first-order valence-electron chi connectivity index (χ1n) is 13.1. The third-order valence-corrected chi connectivity index (χ3v) is 9.51. The number of nitrogens with zero attached hydrogens (tertiary/aromatic N) is 3. The normalized spacial score (nSPS) is 17.9. The summed E-state index contributed by atoms with van der Waals surface area (Å²) in [6.45, 7) is 0. The smallest absolute Gasteiger partial charge is 0.352 e. The van der Waals surface area contributed by atoms with Crippen molar-refractivity contribution in [1.29, 1.82) is 0 Å². The number of carboxylic acids is 1. The fraction of sp³-hybridized carbons (Fsp3) is 0.222. The summed E-state index contributed by atoms with van der Waals surface area (Å²) in [7, 11) is 1.34. The monoisotopic (exact) mass is 672 g/mol. The topological polar surface area (TPSA) is 264 Å². The highest BCUT2D eigenvalue weighted by molar-refractivity contribution is 8.01. The van der Waals surface area contributed by atoms with Gasteiger partial charge in [-0.3, -0.25) is 33.4 Å². The molecule has 3 atom stereocenters. The molecule has 1 aromatic heterocycles. The van der Waals surface area contributed by atoms with E-state index in [1.807, 2.05) is 0 Å². The highest BCUT2D eigenvalue weighted by atomic mass is 32.2. The maximum absolute atomic E-state index is 13.5. The number of carbonyl (C=O) groups excluding carboxylic acids is 3. The number of aliphatic carboxylic acids is 1. The van der Waals surface area contributed by atoms with E-state index in [9.17, 15) is 54.3 Å². The summed E-state index contributed by atoms with van der Waals surface area (Å²) < 4.78 is 1.01. The Hall–Kier alpha value is -5.43. The highest BCUT2D eigenvalue weighted by Gasteiger charge is 2.54. The molecule has 2 unspecified atom stereocenters. The molecule has 2 aromatic carbocycles. The van der Waals surface area contributed by atoms with Crippen LogP contribution in [0.15, 0.2) is 62.4 Å². The summed E-state index contributed by atoms with van der Waals surface area (Å²) in [5.41, 5.74) is -1.84. The minimum atomic E-state index is -1.46. The van der Waals surface area contributed by atoms with E-state index in [2.05, 4.69) is 20.8 Å². The number of amides is 3. The van der Waals surface area contributed by atoms with Gasteiger partial charge >= 0.3 is 17.1 Å². The number of fused-ring (bicyclic) bond motifs is 1. The molecule has 1 saturated heterocycles. The van der Waals surface area contributed by atoms with Crippen molar-refractivity contribution in [3.63, 3.8) is 0 Å². The van der Waals surface area contributed by atoms with Crippen molar-refractivity contribution >= 4 is 47.2 Å². The molecule has 3 amide bonds. The first kappa shape index (κ1) is 32.0. The lowest BCUT2D eigenvalue weighted by molar-refractivity contribution is -0.151. The number of phenols is 4. The molecule has 0 aliphatic carbocycles. The highest BCUT2D eigenvalue weighted by Crippen LogP contribution is 2.42. The van der Waals surface area contributed by atoms with E-state index < -0.39 is 69.5 Å². The first-order valence-corrected chi connectivity index (χ1v) is 15.2. The van der Waals surface area contributed by atoms with Crippen LogP contribution in [0.2, 0.25) is 0 Å². The second-order valence-electron chi connectivity index (χ2n) is 10.0. The molecule has 2 aliphatic heterocycles. The molecule has 0 radical (unpaired) electrons. The molecule has 1 fully saturated rings. The number of H-pyrrole nitrogens is 1. The van der Waals surface area contributed by atoms with Crippen molar-refractivity contribution in [1.82, 2.24) is 30.3 Å². The van der Waals surface area contributed by atoms with E-state index in [-0.39, 0.29) is 39.2 Å². The van der Waals surface area contributed by atoms with E-state index in [1.165, 1.54) is 43.1 Å². The Morgan fingerprint density at radius 2 is 1.74 bits per heavy atom. The lowest BCUT2D eigenvalue weighted by Crippen LogP contribution is -2.71. The molecule has 19 heteroatoms. The molecule has 8 N–H and O–H groups in total. The molecule has 240 valence electrons. The van der Waals surface area contributed by atoms with Gasteiger partial charge < -0.3 is 36.2 Å². The number of carboxylic acid groups (broad SMARTS) is 1. The number of nitrogens with one attached hydrogen (secondary N) is 3. The predicted octanol–water partition coefficient (Wildman–Crippen LogP) is -0.707. The average Bonchev–Trinajstić information content (AvgIpc) is 3.02. The summed E-state index contributed by atoms with van der Waals surface area (Å²) >= 11 is 2.16. The Balaban J connectivity index is 1.35. The molecule has 2 aliphatic rings. The van der Waals surface area contributed by atoms with E-state index in [0.29, 0.717) is 5.57 Å². The van der Waals surface area contributed by atoms with Crippen molar-refractivity contribution in [2.45, 2.75) is 22.6 Å². The Morgan fingerprint density at radius 3 is 2.37 bits per heavy atom. The number of aromatic hydroxyl groups is 4. The van der Waals surface area contributed by atoms with Gasteiger partial charge in [0.05, 0.1) is 0 Å². The Labute approximate surface area is 265 Å². The molecule has 0 spiro atoms. The molecule has 0 bridgehead atoms. The van der Waals surface area contributed by atoms with Gasteiger partial charge in [-0.15, -0.1) is 16.9 Å². The molecule has 5 rings (SSSR count). The van der Waals surface area contributed by atoms with Gasteiger partial charge in [0.25, 0.3) is 11.8 Å². The van der Waals surface area contributed by atoms with Crippen LogP contribution in [0.5, 0.6) is 23.0 Å². The number of carbonyl (C=O) groups is 4. The van der Waals surface area contributed by atoms with Crippen molar-refractivity contribution < 1.29 is 44.7 Å². The Morgan fingerprint density at radius 1 is 1.09 bits per heavy atom. The van der Waals surface area contributed by atoms with Crippen molar-refractivity contribution in [2.75, 3.05) is 11.5 Å². The van der Waals surface area contributed by atoms with Crippen LogP contribution >= 0.6 is 23.5 Å². The minimum absolute atomic E-state index is 0.0197. The number of rotatable bonds is 9. The number of hydrogen-bond donors (Lipinski definition) is 8. The number of hydrogen-bond acceptors (Lipinski definition) is 13. The molecular weight excluding hydrogens is 648 g/mol. The third kappa shape index (κ3) is 5.96. The van der Waals surface area contributed by atoms with Gasteiger partial charge in [-0.05, 0) is 35.4 Å². The minimum Gasteiger partial charge on any atom is -0.508 e. The number of aromatic amines is 1. The number of aromatic nitrogens is 3. The molecule has 17 nitrogen and oxygen atoms in total. The molecule has 0 saturated carbocycles. The van der Waals surface area contributed by atoms with Crippen molar-refractivity contribution in [3.8, 4) is 23.0 Å². The van der Waals surface area contributed by atoms with Crippen molar-refractivity contribution in [3.05, 3.63) is 79.5 Å². The summed E-state index contributed by atoms with van der Waals surface area (Å²) in [5, 5.41) is 59.0. The van der Waals surface area contributed by atoms with E-state index in [4.69, 9.17) is 0 Å². The van der Waals surface area contributed by atoms with Crippen LogP contribution in [-0.4, -0.2) is 91.8 Å². The maximum Gasteiger partial charge on any atom is 0.352 e. The fourth-order valence-corrected chi connectivity index (χ4v) is 7.09. The van der Waals surface area contributed by atoms with Crippen LogP contribution in [0.1, 0.15) is 22.0 Å². The zero-order chi connectivity index (χ0) is 33.4. The lowest BCUT2D eigenvalue weighted by atomic mass is 10.0.